The Balaban J connectivity index is 1.66. The summed E-state index contributed by atoms with van der Waals surface area (Å²) in [6.45, 7) is 3.84. The van der Waals surface area contributed by atoms with Gasteiger partial charge in [-0.1, -0.05) is 6.07 Å². The van der Waals surface area contributed by atoms with E-state index >= 15 is 0 Å². The van der Waals surface area contributed by atoms with E-state index < -0.39 is 6.10 Å². The molecule has 2 N–H and O–H groups in total. The van der Waals surface area contributed by atoms with Crippen molar-refractivity contribution in [2.75, 3.05) is 37.9 Å². The van der Waals surface area contributed by atoms with Crippen molar-refractivity contribution in [3.63, 3.8) is 0 Å². The van der Waals surface area contributed by atoms with Gasteiger partial charge in [0.25, 0.3) is 0 Å². The maximum absolute atomic E-state index is 9.24. The Bertz CT molecular complexity index is 1250. The lowest BCUT2D eigenvalue weighted by molar-refractivity contribution is 0.0365. The molecule has 3 aromatic heterocycles. The minimum absolute atomic E-state index is 0.103. The molecule has 1 aromatic carbocycles. The molecule has 0 aliphatic carbocycles. The second-order valence-electron chi connectivity index (χ2n) is 7.72. The van der Waals surface area contributed by atoms with Crippen molar-refractivity contribution in [1.82, 2.24) is 24.7 Å². The predicted molar refractivity (Wildman–Crippen MR) is 136 cm³/mol. The van der Waals surface area contributed by atoms with Crippen molar-refractivity contribution in [3.8, 4) is 28.8 Å². The number of hydrogen-bond acceptors (Lipinski definition) is 11. The highest BCUT2D eigenvalue weighted by molar-refractivity contribution is 8.00. The summed E-state index contributed by atoms with van der Waals surface area (Å²) in [4.78, 5) is 8.75. The molecule has 0 saturated heterocycles. The van der Waals surface area contributed by atoms with Crippen molar-refractivity contribution < 1.29 is 23.7 Å². The zero-order valence-electron chi connectivity index (χ0n) is 20.5. The molecule has 0 saturated carbocycles. The van der Waals surface area contributed by atoms with Crippen molar-refractivity contribution >= 4 is 17.9 Å². The Morgan fingerprint density at radius 1 is 1.06 bits per heavy atom. The fourth-order valence-electron chi connectivity index (χ4n) is 3.47. The second-order valence-corrected chi connectivity index (χ2v) is 8.54. The number of aryl methyl sites for hydroxylation is 2. The number of methoxy groups -OCH3 is 2. The molecule has 3 heterocycles. The van der Waals surface area contributed by atoms with E-state index in [-0.39, 0.29) is 13.2 Å². The molecule has 0 aliphatic rings. The monoisotopic (exact) mass is 512 g/mol. The average Bonchev–Trinajstić information content (AvgIpc) is 3.51. The number of furan rings is 1. The molecule has 11 nitrogen and oxygen atoms in total. The van der Waals surface area contributed by atoms with Crippen LogP contribution in [0, 0.1) is 13.8 Å². The van der Waals surface area contributed by atoms with E-state index in [1.165, 1.54) is 11.9 Å². The van der Waals surface area contributed by atoms with E-state index in [9.17, 15) is 5.11 Å². The van der Waals surface area contributed by atoms with E-state index in [1.807, 2.05) is 44.2 Å². The Morgan fingerprint density at radius 3 is 2.39 bits per heavy atom. The van der Waals surface area contributed by atoms with Crippen LogP contribution in [0.5, 0.6) is 11.5 Å². The minimum atomic E-state index is -0.445. The fraction of sp³-hybridized carbons (Fsp3) is 0.333. The van der Waals surface area contributed by atoms with Crippen LogP contribution in [0.15, 0.2) is 47.1 Å². The summed E-state index contributed by atoms with van der Waals surface area (Å²) < 4.78 is 27.9. The topological polar surface area (TPSA) is 130 Å². The van der Waals surface area contributed by atoms with Crippen LogP contribution in [0.1, 0.15) is 23.3 Å². The minimum Gasteiger partial charge on any atom is -0.494 e. The van der Waals surface area contributed by atoms with Crippen LogP contribution in [0.2, 0.25) is 0 Å². The van der Waals surface area contributed by atoms with Gasteiger partial charge in [-0.2, -0.15) is 0 Å². The number of aliphatic hydroxyl groups is 1. The summed E-state index contributed by atoms with van der Waals surface area (Å²) in [5, 5.41) is 18.0. The predicted octanol–water partition coefficient (Wildman–Crippen LogP) is 3.76. The van der Waals surface area contributed by atoms with Gasteiger partial charge in [0.1, 0.15) is 29.1 Å². The lowest BCUT2D eigenvalue weighted by Crippen LogP contribution is -2.15. The summed E-state index contributed by atoms with van der Waals surface area (Å²) in [5.41, 5.74) is 1.57. The summed E-state index contributed by atoms with van der Waals surface area (Å²) >= 11 is 1.34. The van der Waals surface area contributed by atoms with Gasteiger partial charge in [-0.25, -0.2) is 9.97 Å². The molecule has 0 fully saturated rings. The molecule has 0 bridgehead atoms. The van der Waals surface area contributed by atoms with E-state index in [0.717, 1.165) is 11.3 Å². The maximum atomic E-state index is 9.24. The average molecular weight is 513 g/mol. The summed E-state index contributed by atoms with van der Waals surface area (Å²) in [6, 6.07) is 9.20. The molecule has 36 heavy (non-hydrogen) atoms. The normalized spacial score (nSPS) is 11.9. The Kier molecular flexibility index (Phi) is 8.41. The smallest absolute Gasteiger partial charge is 0.239 e. The van der Waals surface area contributed by atoms with Gasteiger partial charge in [-0.3, -0.25) is 9.29 Å². The first kappa shape index (κ1) is 25.5. The number of ether oxygens (including phenoxy) is 3. The van der Waals surface area contributed by atoms with Crippen molar-refractivity contribution in [3.05, 3.63) is 59.9 Å². The van der Waals surface area contributed by atoms with E-state index in [0.29, 0.717) is 46.3 Å². The van der Waals surface area contributed by atoms with Gasteiger partial charge in [0.2, 0.25) is 11.8 Å². The summed E-state index contributed by atoms with van der Waals surface area (Å²) in [7, 11) is 3.18. The molecule has 4 rings (SSSR count). The van der Waals surface area contributed by atoms with Gasteiger partial charge < -0.3 is 23.7 Å². The van der Waals surface area contributed by atoms with Crippen LogP contribution < -0.4 is 14.2 Å². The number of nitrogens with zero attached hydrogens (tertiary/aromatic N) is 5. The molecule has 0 aliphatic heterocycles. The molecule has 190 valence electrons. The fourth-order valence-corrected chi connectivity index (χ4v) is 4.21. The number of aromatic nitrogens is 5. The number of hydrogen-bond donors (Lipinski definition) is 2. The first-order chi connectivity index (χ1) is 17.5. The number of aliphatic hydroxyl groups excluding tert-OH is 1. The van der Waals surface area contributed by atoms with Crippen LogP contribution in [0.3, 0.4) is 0 Å². The number of para-hydroxylation sites is 1. The Morgan fingerprint density at radius 2 is 1.78 bits per heavy atom. The van der Waals surface area contributed by atoms with Gasteiger partial charge in [0, 0.05) is 18.1 Å². The second kappa shape index (κ2) is 11.9. The highest BCUT2D eigenvalue weighted by Crippen LogP contribution is 2.38. The van der Waals surface area contributed by atoms with Gasteiger partial charge in [-0.05, 0) is 55.6 Å². The highest BCUT2D eigenvalue weighted by atomic mass is 32.2. The summed E-state index contributed by atoms with van der Waals surface area (Å²) in [5.74, 6) is 4.31. The number of nitrogens with one attached hydrogen (secondary N) is 1. The third-order valence-corrected chi connectivity index (χ3v) is 5.94. The standard InChI is InChI=1S/C24H28N6O5S/c1-15-12-25-22(26-13-15)20(34-11-10-31)14-36-29-24-28-27-23(19-9-8-16(2)35-19)30(24)21-17(32-3)6-5-7-18(21)33-4/h5-9,12-13,20,31H,10-11,14H2,1-4H3,(H,28,29). The van der Waals surface area contributed by atoms with Crippen LogP contribution in [-0.2, 0) is 4.74 Å². The summed E-state index contributed by atoms with van der Waals surface area (Å²) in [6.07, 6.45) is 3.02. The van der Waals surface area contributed by atoms with E-state index in [1.54, 1.807) is 31.2 Å². The number of anilines is 1. The zero-order valence-corrected chi connectivity index (χ0v) is 21.3. The quantitative estimate of drug-likeness (QED) is 0.269. The van der Waals surface area contributed by atoms with Crippen molar-refractivity contribution in [2.24, 2.45) is 0 Å². The lowest BCUT2D eigenvalue weighted by atomic mass is 10.2. The Labute approximate surface area is 213 Å². The molecule has 0 spiro atoms. The molecule has 12 heteroatoms. The first-order valence-electron chi connectivity index (χ1n) is 11.2. The largest absolute Gasteiger partial charge is 0.494 e. The molecule has 0 radical (unpaired) electrons. The first-order valence-corrected chi connectivity index (χ1v) is 12.2. The van der Waals surface area contributed by atoms with Crippen LogP contribution >= 0.6 is 11.9 Å². The van der Waals surface area contributed by atoms with Crippen molar-refractivity contribution in [2.45, 2.75) is 20.0 Å². The highest BCUT2D eigenvalue weighted by Gasteiger charge is 2.24. The van der Waals surface area contributed by atoms with Crippen LogP contribution in [0.25, 0.3) is 17.3 Å². The third kappa shape index (κ3) is 5.61. The van der Waals surface area contributed by atoms with Crippen LogP contribution in [-0.4, -0.2) is 63.0 Å². The number of rotatable bonds is 12. The molecule has 1 atom stereocenters. The van der Waals surface area contributed by atoms with E-state index in [4.69, 9.17) is 18.6 Å². The Hall–Kier alpha value is -3.61. The molecular weight excluding hydrogens is 484 g/mol. The van der Waals surface area contributed by atoms with Gasteiger partial charge in [-0.15, -0.1) is 10.2 Å². The van der Waals surface area contributed by atoms with Gasteiger partial charge in [0.05, 0.1) is 27.4 Å². The van der Waals surface area contributed by atoms with Gasteiger partial charge in [0.15, 0.2) is 11.6 Å². The van der Waals surface area contributed by atoms with Gasteiger partial charge >= 0.3 is 0 Å². The maximum Gasteiger partial charge on any atom is 0.239 e. The lowest BCUT2D eigenvalue weighted by Gasteiger charge is -2.18. The van der Waals surface area contributed by atoms with Crippen LogP contribution in [0.4, 0.5) is 5.95 Å². The number of benzene rings is 1. The molecule has 4 aromatic rings. The van der Waals surface area contributed by atoms with E-state index in [2.05, 4.69) is 24.9 Å². The SMILES string of the molecule is COc1cccc(OC)c1-n1c(NSCC(OCCO)c2ncc(C)cn2)nnc1-c1ccc(C)o1. The molecule has 1 unspecified atom stereocenters. The van der Waals surface area contributed by atoms with Crippen molar-refractivity contribution in [1.29, 1.82) is 0 Å². The molecule has 0 amide bonds. The zero-order chi connectivity index (χ0) is 25.5. The molecular formula is C24H28N6O5S. The third-order valence-electron chi connectivity index (χ3n) is 5.15.